The van der Waals surface area contributed by atoms with E-state index in [-0.39, 0.29) is 6.04 Å². The summed E-state index contributed by atoms with van der Waals surface area (Å²) in [5, 5.41) is 15.6. The lowest BCUT2D eigenvalue weighted by Gasteiger charge is -2.34. The summed E-state index contributed by atoms with van der Waals surface area (Å²) < 4.78 is 0. The molecule has 1 aliphatic rings. The summed E-state index contributed by atoms with van der Waals surface area (Å²) in [6.45, 7) is 1.59. The molecule has 0 aromatic carbocycles. The number of nitriles is 1. The number of amides is 1. The Morgan fingerprint density at radius 2 is 2.06 bits per heavy atom. The number of hydrogen-bond acceptors (Lipinski definition) is 8. The first-order chi connectivity index (χ1) is 15.1. The molecule has 4 rings (SSSR count). The van der Waals surface area contributed by atoms with Crippen LogP contribution in [0.2, 0.25) is 0 Å². The summed E-state index contributed by atoms with van der Waals surface area (Å²) in [5.41, 5.74) is 7.06. The minimum absolute atomic E-state index is 0.0920. The number of nitrogens with two attached hydrogens (primary N) is 1. The molecule has 0 aliphatic carbocycles. The summed E-state index contributed by atoms with van der Waals surface area (Å²) >= 11 is 0. The van der Waals surface area contributed by atoms with E-state index in [2.05, 4.69) is 36.6 Å². The van der Waals surface area contributed by atoms with Crippen molar-refractivity contribution in [3.05, 3.63) is 66.1 Å². The monoisotopic (exact) mass is 414 g/mol. The van der Waals surface area contributed by atoms with Gasteiger partial charge in [0.05, 0.1) is 16.8 Å². The number of hydrogen-bond donors (Lipinski definition) is 3. The Kier molecular flexibility index (Phi) is 5.89. The SMILES string of the molecule is N#Cc1ccc(N2CCC[C@H](Nc3cc(Nc4ccccn4)ncc3C(N)=O)C2)nc1. The predicted octanol–water partition coefficient (Wildman–Crippen LogP) is 2.67. The fourth-order valence-electron chi connectivity index (χ4n) is 3.57. The van der Waals surface area contributed by atoms with Gasteiger partial charge in [0, 0.05) is 43.8 Å². The van der Waals surface area contributed by atoms with E-state index in [0.717, 1.165) is 25.2 Å². The first-order valence-corrected chi connectivity index (χ1v) is 9.98. The van der Waals surface area contributed by atoms with Gasteiger partial charge in [0.1, 0.15) is 23.5 Å². The molecular formula is C22H22N8O. The molecule has 9 heteroatoms. The number of rotatable bonds is 6. The molecule has 1 fully saturated rings. The standard InChI is InChI=1S/C22H22N8O/c23-11-15-6-7-21(27-12-15)30-9-3-4-16(14-30)28-18-10-20(26-13-17(18)22(24)31)29-19-5-1-2-8-25-19/h1-2,5-8,10,12-13,16H,3-4,9,14H2,(H2,24,31)(H2,25,26,28,29)/t16-/m0/s1. The van der Waals surface area contributed by atoms with Crippen molar-refractivity contribution in [2.45, 2.75) is 18.9 Å². The van der Waals surface area contributed by atoms with Gasteiger partial charge in [-0.1, -0.05) is 6.07 Å². The van der Waals surface area contributed by atoms with E-state index in [4.69, 9.17) is 11.0 Å². The number of piperidine rings is 1. The van der Waals surface area contributed by atoms with Crippen molar-refractivity contribution in [1.82, 2.24) is 15.0 Å². The lowest BCUT2D eigenvalue weighted by Crippen LogP contribution is -2.42. The van der Waals surface area contributed by atoms with Crippen LogP contribution in [0.15, 0.2) is 55.0 Å². The molecule has 4 heterocycles. The van der Waals surface area contributed by atoms with Crippen LogP contribution in [-0.2, 0) is 0 Å². The highest BCUT2D eigenvalue weighted by atomic mass is 16.1. The molecule has 4 N–H and O–H groups in total. The minimum atomic E-state index is -0.541. The molecule has 156 valence electrons. The average Bonchev–Trinajstić information content (AvgIpc) is 2.80. The molecular weight excluding hydrogens is 392 g/mol. The van der Waals surface area contributed by atoms with E-state index in [1.165, 1.54) is 6.20 Å². The largest absolute Gasteiger partial charge is 0.380 e. The Morgan fingerprint density at radius 1 is 1.16 bits per heavy atom. The number of primary amides is 1. The third kappa shape index (κ3) is 4.87. The number of pyridine rings is 3. The summed E-state index contributed by atoms with van der Waals surface area (Å²) in [6, 6.07) is 13.1. The zero-order chi connectivity index (χ0) is 21.6. The molecule has 31 heavy (non-hydrogen) atoms. The molecule has 9 nitrogen and oxygen atoms in total. The topological polar surface area (TPSA) is 133 Å². The number of nitrogens with one attached hydrogen (secondary N) is 2. The van der Waals surface area contributed by atoms with E-state index in [1.807, 2.05) is 24.3 Å². The second-order valence-electron chi connectivity index (χ2n) is 7.27. The van der Waals surface area contributed by atoms with Crippen LogP contribution in [0.3, 0.4) is 0 Å². The Hall–Kier alpha value is -4.19. The van der Waals surface area contributed by atoms with Crippen LogP contribution in [-0.4, -0.2) is 40.0 Å². The van der Waals surface area contributed by atoms with Crippen LogP contribution in [0.4, 0.5) is 23.1 Å². The van der Waals surface area contributed by atoms with Crippen LogP contribution in [0.1, 0.15) is 28.8 Å². The molecule has 1 atom stereocenters. The second kappa shape index (κ2) is 9.09. The Balaban J connectivity index is 1.51. The number of carbonyl (C=O) groups is 1. The van der Waals surface area contributed by atoms with Crippen molar-refractivity contribution in [2.24, 2.45) is 5.73 Å². The molecule has 1 saturated heterocycles. The normalized spacial score (nSPS) is 15.7. The van der Waals surface area contributed by atoms with E-state index >= 15 is 0 Å². The van der Waals surface area contributed by atoms with E-state index < -0.39 is 5.91 Å². The van der Waals surface area contributed by atoms with Crippen LogP contribution in [0.5, 0.6) is 0 Å². The maximum absolute atomic E-state index is 11.9. The van der Waals surface area contributed by atoms with Gasteiger partial charge in [-0.05, 0) is 37.1 Å². The Bertz CT molecular complexity index is 1090. The highest BCUT2D eigenvalue weighted by Gasteiger charge is 2.22. The molecule has 3 aromatic heterocycles. The lowest BCUT2D eigenvalue weighted by atomic mass is 10.0. The molecule has 1 aliphatic heterocycles. The van der Waals surface area contributed by atoms with Crippen molar-refractivity contribution in [1.29, 1.82) is 5.26 Å². The molecule has 0 spiro atoms. The summed E-state index contributed by atoms with van der Waals surface area (Å²) in [4.78, 5) is 27.0. The van der Waals surface area contributed by atoms with Crippen molar-refractivity contribution in [3.8, 4) is 6.07 Å². The van der Waals surface area contributed by atoms with Crippen molar-refractivity contribution in [3.63, 3.8) is 0 Å². The molecule has 0 radical (unpaired) electrons. The van der Waals surface area contributed by atoms with Gasteiger partial charge in [-0.25, -0.2) is 15.0 Å². The first kappa shape index (κ1) is 20.1. The molecule has 3 aromatic rings. The van der Waals surface area contributed by atoms with Gasteiger partial charge in [-0.2, -0.15) is 5.26 Å². The van der Waals surface area contributed by atoms with Crippen molar-refractivity contribution < 1.29 is 4.79 Å². The van der Waals surface area contributed by atoms with Crippen LogP contribution < -0.4 is 21.3 Å². The Labute approximate surface area is 180 Å². The minimum Gasteiger partial charge on any atom is -0.380 e. The zero-order valence-electron chi connectivity index (χ0n) is 16.8. The molecule has 0 saturated carbocycles. The van der Waals surface area contributed by atoms with Gasteiger partial charge in [-0.15, -0.1) is 0 Å². The quantitative estimate of drug-likeness (QED) is 0.561. The lowest BCUT2D eigenvalue weighted by molar-refractivity contribution is 0.100. The van der Waals surface area contributed by atoms with E-state index in [1.54, 1.807) is 24.5 Å². The summed E-state index contributed by atoms with van der Waals surface area (Å²) in [6.07, 6.45) is 6.65. The fourth-order valence-corrected chi connectivity index (χ4v) is 3.57. The highest BCUT2D eigenvalue weighted by molar-refractivity contribution is 5.98. The van der Waals surface area contributed by atoms with Crippen LogP contribution in [0, 0.1) is 11.3 Å². The number of anilines is 4. The Morgan fingerprint density at radius 3 is 2.77 bits per heavy atom. The van der Waals surface area contributed by atoms with Gasteiger partial charge in [-0.3, -0.25) is 4.79 Å². The maximum Gasteiger partial charge on any atom is 0.252 e. The molecule has 0 unspecified atom stereocenters. The van der Waals surface area contributed by atoms with E-state index in [0.29, 0.717) is 35.0 Å². The summed E-state index contributed by atoms with van der Waals surface area (Å²) in [7, 11) is 0. The smallest absolute Gasteiger partial charge is 0.252 e. The summed E-state index contributed by atoms with van der Waals surface area (Å²) in [5.74, 6) is 1.50. The van der Waals surface area contributed by atoms with Gasteiger partial charge < -0.3 is 21.3 Å². The number of carbonyl (C=O) groups excluding carboxylic acids is 1. The van der Waals surface area contributed by atoms with Gasteiger partial charge in [0.25, 0.3) is 5.91 Å². The van der Waals surface area contributed by atoms with Gasteiger partial charge >= 0.3 is 0 Å². The van der Waals surface area contributed by atoms with Crippen molar-refractivity contribution in [2.75, 3.05) is 28.6 Å². The molecule has 1 amide bonds. The third-order valence-electron chi connectivity index (χ3n) is 5.07. The van der Waals surface area contributed by atoms with Gasteiger partial charge in [0.15, 0.2) is 0 Å². The van der Waals surface area contributed by atoms with Gasteiger partial charge in [0.2, 0.25) is 0 Å². The zero-order valence-corrected chi connectivity index (χ0v) is 16.8. The van der Waals surface area contributed by atoms with E-state index in [9.17, 15) is 4.79 Å². The third-order valence-corrected chi connectivity index (χ3v) is 5.07. The second-order valence-corrected chi connectivity index (χ2v) is 7.27. The highest BCUT2D eigenvalue weighted by Crippen LogP contribution is 2.25. The maximum atomic E-state index is 11.9. The predicted molar refractivity (Wildman–Crippen MR) is 118 cm³/mol. The number of aromatic nitrogens is 3. The van der Waals surface area contributed by atoms with Crippen LogP contribution >= 0.6 is 0 Å². The first-order valence-electron chi connectivity index (χ1n) is 9.98. The molecule has 0 bridgehead atoms. The fraction of sp³-hybridized carbons (Fsp3) is 0.227. The van der Waals surface area contributed by atoms with Crippen LogP contribution in [0.25, 0.3) is 0 Å². The number of nitrogens with zero attached hydrogens (tertiary/aromatic N) is 5. The van der Waals surface area contributed by atoms with Crippen molar-refractivity contribution >= 4 is 29.0 Å². The average molecular weight is 414 g/mol.